The van der Waals surface area contributed by atoms with Gasteiger partial charge in [0, 0.05) is 5.41 Å². The van der Waals surface area contributed by atoms with Gasteiger partial charge in [0.25, 0.3) is 0 Å². The monoisotopic (exact) mass is 288 g/mol. The summed E-state index contributed by atoms with van der Waals surface area (Å²) >= 11 is 0. The van der Waals surface area contributed by atoms with Crippen molar-refractivity contribution in [3.63, 3.8) is 0 Å². The molecule has 21 heavy (non-hydrogen) atoms. The lowest BCUT2D eigenvalue weighted by Crippen LogP contribution is -2.42. The van der Waals surface area contributed by atoms with E-state index in [0.29, 0.717) is 17.8 Å². The summed E-state index contributed by atoms with van der Waals surface area (Å²) in [6.07, 6.45) is 5.92. The van der Waals surface area contributed by atoms with Crippen LogP contribution < -0.4 is 4.74 Å². The summed E-state index contributed by atoms with van der Waals surface area (Å²) in [7, 11) is 1.74. The van der Waals surface area contributed by atoms with Gasteiger partial charge >= 0.3 is 0 Å². The van der Waals surface area contributed by atoms with E-state index in [9.17, 15) is 4.39 Å². The molecular formula is C19H25FO. The zero-order valence-corrected chi connectivity index (χ0v) is 13.1. The van der Waals surface area contributed by atoms with Crippen LogP contribution in [0.5, 0.6) is 5.75 Å². The minimum Gasteiger partial charge on any atom is -0.497 e. The first-order valence-corrected chi connectivity index (χ1v) is 8.44. The number of halogens is 1. The van der Waals surface area contributed by atoms with Crippen molar-refractivity contribution in [3.8, 4) is 5.75 Å². The summed E-state index contributed by atoms with van der Waals surface area (Å²) in [6.45, 7) is 2.22. The fourth-order valence-electron chi connectivity index (χ4n) is 5.62. The molecule has 2 saturated carbocycles. The zero-order valence-electron chi connectivity index (χ0n) is 13.1. The van der Waals surface area contributed by atoms with Gasteiger partial charge in [-0.05, 0) is 79.5 Å². The van der Waals surface area contributed by atoms with Gasteiger partial charge in [0.15, 0.2) is 0 Å². The molecule has 0 saturated heterocycles. The second kappa shape index (κ2) is 4.72. The molecule has 0 spiro atoms. The molecule has 0 bridgehead atoms. The van der Waals surface area contributed by atoms with Gasteiger partial charge in [-0.25, -0.2) is 4.39 Å². The Labute approximate surface area is 126 Å². The van der Waals surface area contributed by atoms with E-state index < -0.39 is 6.17 Å². The number of benzene rings is 1. The summed E-state index contributed by atoms with van der Waals surface area (Å²) in [5, 5.41) is 0. The van der Waals surface area contributed by atoms with Gasteiger partial charge in [0.05, 0.1) is 7.11 Å². The van der Waals surface area contributed by atoms with Gasteiger partial charge < -0.3 is 4.74 Å². The molecule has 114 valence electrons. The highest BCUT2D eigenvalue weighted by atomic mass is 19.1. The quantitative estimate of drug-likeness (QED) is 0.715. The van der Waals surface area contributed by atoms with Crippen LogP contribution in [0.15, 0.2) is 18.2 Å². The summed E-state index contributed by atoms with van der Waals surface area (Å²) in [4.78, 5) is 0. The van der Waals surface area contributed by atoms with E-state index in [1.807, 2.05) is 0 Å². The predicted octanol–water partition coefficient (Wildman–Crippen LogP) is 4.89. The second-order valence-corrected chi connectivity index (χ2v) is 7.57. The van der Waals surface area contributed by atoms with E-state index in [1.165, 1.54) is 17.5 Å². The maximum Gasteiger partial charge on any atom is 0.119 e. The number of rotatable bonds is 1. The van der Waals surface area contributed by atoms with Gasteiger partial charge in [0.2, 0.25) is 0 Å². The first kappa shape index (κ1) is 13.6. The number of alkyl halides is 1. The van der Waals surface area contributed by atoms with Gasteiger partial charge in [-0.2, -0.15) is 0 Å². The fourth-order valence-corrected chi connectivity index (χ4v) is 5.62. The normalized spacial score (nSPS) is 41.1. The van der Waals surface area contributed by atoms with Gasteiger partial charge in [0.1, 0.15) is 11.9 Å². The third-order valence-corrected chi connectivity index (χ3v) is 6.82. The number of methoxy groups -OCH3 is 1. The molecule has 3 aliphatic rings. The lowest BCUT2D eigenvalue weighted by Gasteiger charge is -2.49. The van der Waals surface area contributed by atoms with E-state index in [0.717, 1.165) is 37.9 Å². The largest absolute Gasteiger partial charge is 0.497 e. The number of ether oxygens (including phenoxy) is 1. The van der Waals surface area contributed by atoms with Crippen LogP contribution in [0.3, 0.4) is 0 Å². The van der Waals surface area contributed by atoms with Crippen molar-refractivity contribution >= 4 is 0 Å². The topological polar surface area (TPSA) is 9.23 Å². The van der Waals surface area contributed by atoms with Crippen LogP contribution in [-0.4, -0.2) is 13.3 Å². The van der Waals surface area contributed by atoms with E-state index in [4.69, 9.17) is 4.74 Å². The third-order valence-electron chi connectivity index (χ3n) is 6.82. The Bertz CT molecular complexity index is 554. The van der Waals surface area contributed by atoms with Gasteiger partial charge in [-0.15, -0.1) is 0 Å². The average molecular weight is 288 g/mol. The molecule has 0 amide bonds. The molecule has 4 rings (SSSR count). The number of fused-ring (bicyclic) bond motifs is 5. The molecule has 1 nitrogen and oxygen atoms in total. The lowest BCUT2D eigenvalue weighted by atomic mass is 9.55. The standard InChI is InChI=1S/C19H25FO/c1-19-10-9-15-14-6-4-13(21-2)11-12(14)3-5-16(15)17(19)7-8-18(19)20/h4,6,11,15-18H,3,5,7-10H2,1-2H3/t15?,16?,17?,18-,19+/m1/s1. The maximum atomic E-state index is 14.4. The fraction of sp³-hybridized carbons (Fsp3) is 0.684. The maximum absolute atomic E-state index is 14.4. The van der Waals surface area contributed by atoms with E-state index >= 15 is 0 Å². The Morgan fingerprint density at radius 2 is 2.05 bits per heavy atom. The van der Waals surface area contributed by atoms with Crippen LogP contribution in [0.1, 0.15) is 56.1 Å². The average Bonchev–Trinajstić information content (AvgIpc) is 2.82. The zero-order chi connectivity index (χ0) is 14.6. The first-order chi connectivity index (χ1) is 10.1. The molecule has 1 aromatic rings. The molecular weight excluding hydrogens is 263 g/mol. The first-order valence-electron chi connectivity index (χ1n) is 8.44. The highest BCUT2D eigenvalue weighted by molar-refractivity contribution is 5.40. The van der Waals surface area contributed by atoms with Gasteiger partial charge in [-0.1, -0.05) is 13.0 Å². The minimum absolute atomic E-state index is 0.0366. The van der Waals surface area contributed by atoms with Crippen LogP contribution in [0.4, 0.5) is 4.39 Å². The molecule has 3 aliphatic carbocycles. The number of hydrogen-bond acceptors (Lipinski definition) is 1. The number of aryl methyl sites for hydroxylation is 1. The molecule has 0 N–H and O–H groups in total. The molecule has 0 radical (unpaired) electrons. The summed E-state index contributed by atoms with van der Waals surface area (Å²) in [5.41, 5.74) is 2.95. The molecule has 0 aromatic heterocycles. The van der Waals surface area contributed by atoms with Crippen LogP contribution in [0.2, 0.25) is 0 Å². The predicted molar refractivity (Wildman–Crippen MR) is 82.5 cm³/mol. The summed E-state index contributed by atoms with van der Waals surface area (Å²) in [6, 6.07) is 6.59. The van der Waals surface area contributed by atoms with Crippen molar-refractivity contribution in [2.24, 2.45) is 17.3 Å². The SMILES string of the molecule is COc1ccc2c(c1)CCC1C2CC[C@@]2(C)C1CC[C@H]2F. The van der Waals surface area contributed by atoms with Crippen LogP contribution in [-0.2, 0) is 6.42 Å². The Kier molecular flexibility index (Phi) is 3.06. The van der Waals surface area contributed by atoms with Crippen molar-refractivity contribution in [3.05, 3.63) is 29.3 Å². The molecule has 3 unspecified atom stereocenters. The Balaban J connectivity index is 1.68. The molecule has 2 fully saturated rings. The van der Waals surface area contributed by atoms with Crippen LogP contribution in [0.25, 0.3) is 0 Å². The van der Waals surface area contributed by atoms with Crippen molar-refractivity contribution in [2.45, 2.75) is 57.5 Å². The summed E-state index contributed by atoms with van der Waals surface area (Å²) < 4.78 is 19.7. The third kappa shape index (κ3) is 1.87. The summed E-state index contributed by atoms with van der Waals surface area (Å²) in [5.74, 6) is 2.92. The van der Waals surface area contributed by atoms with Crippen LogP contribution >= 0.6 is 0 Å². The highest BCUT2D eigenvalue weighted by Gasteiger charge is 2.55. The lowest BCUT2D eigenvalue weighted by molar-refractivity contribution is 0.0143. The second-order valence-electron chi connectivity index (χ2n) is 7.57. The van der Waals surface area contributed by atoms with Crippen molar-refractivity contribution < 1.29 is 9.13 Å². The Morgan fingerprint density at radius 3 is 2.86 bits per heavy atom. The smallest absolute Gasteiger partial charge is 0.119 e. The van der Waals surface area contributed by atoms with Gasteiger partial charge in [-0.3, -0.25) is 0 Å². The van der Waals surface area contributed by atoms with Crippen molar-refractivity contribution in [1.82, 2.24) is 0 Å². The van der Waals surface area contributed by atoms with E-state index in [-0.39, 0.29) is 5.41 Å². The van der Waals surface area contributed by atoms with Crippen molar-refractivity contribution in [1.29, 1.82) is 0 Å². The molecule has 2 heteroatoms. The number of hydrogen-bond donors (Lipinski definition) is 0. The van der Waals surface area contributed by atoms with Crippen molar-refractivity contribution in [2.75, 3.05) is 7.11 Å². The molecule has 0 aliphatic heterocycles. The molecule has 1 aromatic carbocycles. The molecule has 5 atom stereocenters. The molecule has 0 heterocycles. The minimum atomic E-state index is -0.569. The highest BCUT2D eigenvalue weighted by Crippen LogP contribution is 2.61. The Morgan fingerprint density at radius 1 is 1.19 bits per heavy atom. The van der Waals surface area contributed by atoms with E-state index in [2.05, 4.69) is 25.1 Å². The Hall–Kier alpha value is -1.05. The van der Waals surface area contributed by atoms with Crippen LogP contribution in [0, 0.1) is 17.3 Å². The van der Waals surface area contributed by atoms with E-state index in [1.54, 1.807) is 7.11 Å².